The lowest BCUT2D eigenvalue weighted by molar-refractivity contribution is 0.0790. The fourth-order valence-electron chi connectivity index (χ4n) is 1.67. The highest BCUT2D eigenvalue weighted by molar-refractivity contribution is 6.31. The molecule has 3 nitrogen and oxygen atoms in total. The highest BCUT2D eigenvalue weighted by Crippen LogP contribution is 2.21. The van der Waals surface area contributed by atoms with E-state index in [-0.39, 0.29) is 5.91 Å². The number of hydrogen-bond acceptors (Lipinski definition) is 2. The van der Waals surface area contributed by atoms with Crippen LogP contribution in [0.15, 0.2) is 18.2 Å². The largest absolute Gasteiger partial charge is 0.387 e. The summed E-state index contributed by atoms with van der Waals surface area (Å²) in [7, 11) is 3.62. The van der Waals surface area contributed by atoms with Crippen LogP contribution in [0, 0.1) is 5.92 Å². The highest BCUT2D eigenvalue weighted by atomic mass is 35.5. The molecule has 1 amide bonds. The molecule has 0 aliphatic rings. The molecule has 0 aliphatic heterocycles. The van der Waals surface area contributed by atoms with Crippen LogP contribution < -0.4 is 5.32 Å². The molecule has 0 saturated carbocycles. The van der Waals surface area contributed by atoms with Gasteiger partial charge < -0.3 is 10.2 Å². The van der Waals surface area contributed by atoms with Gasteiger partial charge in [-0.2, -0.15) is 0 Å². The van der Waals surface area contributed by atoms with Crippen molar-refractivity contribution in [2.45, 2.75) is 20.3 Å². The molecule has 0 spiro atoms. The zero-order valence-corrected chi connectivity index (χ0v) is 12.2. The molecule has 18 heavy (non-hydrogen) atoms. The van der Waals surface area contributed by atoms with Crippen molar-refractivity contribution in [2.75, 3.05) is 26.0 Å². The van der Waals surface area contributed by atoms with Gasteiger partial charge in [0.25, 0.3) is 5.91 Å². The Kier molecular flexibility index (Phi) is 5.48. The van der Waals surface area contributed by atoms with Gasteiger partial charge in [0.1, 0.15) is 0 Å². The van der Waals surface area contributed by atoms with Crippen molar-refractivity contribution in [3.8, 4) is 0 Å². The van der Waals surface area contributed by atoms with Crippen LogP contribution in [-0.4, -0.2) is 31.4 Å². The average Bonchev–Trinajstić information content (AvgIpc) is 2.34. The summed E-state index contributed by atoms with van der Waals surface area (Å²) in [6.07, 6.45) is 0.998. The predicted molar refractivity (Wildman–Crippen MR) is 77.4 cm³/mol. The number of halogens is 1. The van der Waals surface area contributed by atoms with Crippen molar-refractivity contribution in [3.05, 3.63) is 28.8 Å². The zero-order chi connectivity index (χ0) is 13.7. The van der Waals surface area contributed by atoms with Crippen LogP contribution in [0.4, 0.5) is 5.69 Å². The number of carbonyl (C=O) groups is 1. The van der Waals surface area contributed by atoms with E-state index in [1.54, 1.807) is 24.1 Å². The van der Waals surface area contributed by atoms with Gasteiger partial charge in [0.05, 0.1) is 5.56 Å². The van der Waals surface area contributed by atoms with Gasteiger partial charge in [-0.05, 0) is 30.5 Å². The predicted octanol–water partition coefficient (Wildman–Crippen LogP) is 3.50. The lowest BCUT2D eigenvalue weighted by Crippen LogP contribution is -2.29. The topological polar surface area (TPSA) is 32.3 Å². The maximum Gasteiger partial charge on any atom is 0.255 e. The van der Waals surface area contributed by atoms with Gasteiger partial charge in [-0.15, -0.1) is 0 Å². The summed E-state index contributed by atoms with van der Waals surface area (Å²) < 4.78 is 0. The summed E-state index contributed by atoms with van der Waals surface area (Å²) in [6.45, 7) is 5.06. The van der Waals surface area contributed by atoms with Gasteiger partial charge >= 0.3 is 0 Å². The molecule has 0 aromatic heterocycles. The second-order valence-electron chi connectivity index (χ2n) is 4.85. The minimum atomic E-state index is 0.00231. The maximum atomic E-state index is 12.3. The van der Waals surface area contributed by atoms with Gasteiger partial charge in [0, 0.05) is 31.4 Å². The summed E-state index contributed by atoms with van der Waals surface area (Å²) in [5.41, 5.74) is 1.43. The van der Waals surface area contributed by atoms with Crippen molar-refractivity contribution in [1.29, 1.82) is 0 Å². The number of carbonyl (C=O) groups excluding carboxylic acids is 1. The summed E-state index contributed by atoms with van der Waals surface area (Å²) in [6, 6.07) is 5.31. The minimum Gasteiger partial charge on any atom is -0.387 e. The normalized spacial score (nSPS) is 10.6. The summed E-state index contributed by atoms with van der Waals surface area (Å²) >= 11 is 5.95. The molecule has 0 heterocycles. The van der Waals surface area contributed by atoms with E-state index in [4.69, 9.17) is 11.6 Å². The number of anilines is 1. The smallest absolute Gasteiger partial charge is 0.255 e. The van der Waals surface area contributed by atoms with Crippen molar-refractivity contribution >= 4 is 23.2 Å². The first-order valence-electron chi connectivity index (χ1n) is 6.18. The maximum absolute atomic E-state index is 12.3. The van der Waals surface area contributed by atoms with Gasteiger partial charge in [-0.3, -0.25) is 4.79 Å². The number of rotatable bonds is 5. The van der Waals surface area contributed by atoms with Crippen LogP contribution in [0.3, 0.4) is 0 Å². The SMILES string of the molecule is CNc1ccc(Cl)cc1C(=O)N(C)CCC(C)C. The number of amides is 1. The summed E-state index contributed by atoms with van der Waals surface area (Å²) in [4.78, 5) is 14.1. The molecule has 0 bridgehead atoms. The minimum absolute atomic E-state index is 0.00231. The molecule has 0 fully saturated rings. The molecule has 1 N–H and O–H groups in total. The first-order valence-corrected chi connectivity index (χ1v) is 6.56. The summed E-state index contributed by atoms with van der Waals surface area (Å²) in [5.74, 6) is 0.589. The number of nitrogens with zero attached hydrogens (tertiary/aromatic N) is 1. The molecule has 0 unspecified atom stereocenters. The molecule has 100 valence electrons. The Balaban J connectivity index is 2.85. The van der Waals surface area contributed by atoms with E-state index in [1.807, 2.05) is 13.1 Å². The number of hydrogen-bond donors (Lipinski definition) is 1. The molecule has 1 aromatic carbocycles. The second-order valence-corrected chi connectivity index (χ2v) is 5.29. The first kappa shape index (κ1) is 14.8. The van der Waals surface area contributed by atoms with E-state index in [1.165, 1.54) is 0 Å². The Labute approximate surface area is 114 Å². The van der Waals surface area contributed by atoms with E-state index in [9.17, 15) is 4.79 Å². The lowest BCUT2D eigenvalue weighted by atomic mass is 10.1. The van der Waals surface area contributed by atoms with E-state index in [2.05, 4.69) is 19.2 Å². The molecular weight excluding hydrogens is 248 g/mol. The zero-order valence-electron chi connectivity index (χ0n) is 11.5. The van der Waals surface area contributed by atoms with Crippen LogP contribution in [-0.2, 0) is 0 Å². The van der Waals surface area contributed by atoms with Gasteiger partial charge in [-0.1, -0.05) is 25.4 Å². The van der Waals surface area contributed by atoms with Crippen molar-refractivity contribution in [2.24, 2.45) is 5.92 Å². The van der Waals surface area contributed by atoms with Crippen LogP contribution >= 0.6 is 11.6 Å². The number of nitrogens with one attached hydrogen (secondary N) is 1. The number of benzene rings is 1. The lowest BCUT2D eigenvalue weighted by Gasteiger charge is -2.20. The van der Waals surface area contributed by atoms with Gasteiger partial charge in [0.15, 0.2) is 0 Å². The molecule has 1 aromatic rings. The Morgan fingerprint density at radius 1 is 1.44 bits per heavy atom. The highest BCUT2D eigenvalue weighted by Gasteiger charge is 2.16. The quantitative estimate of drug-likeness (QED) is 0.886. The third-order valence-electron chi connectivity index (χ3n) is 2.87. The second kappa shape index (κ2) is 6.64. The van der Waals surface area contributed by atoms with Crippen molar-refractivity contribution < 1.29 is 4.79 Å². The molecule has 0 radical (unpaired) electrons. The Bertz CT molecular complexity index is 418. The molecular formula is C14H21ClN2O. The first-order chi connectivity index (χ1) is 8.45. The summed E-state index contributed by atoms with van der Waals surface area (Å²) in [5, 5.41) is 3.60. The fraction of sp³-hybridized carbons (Fsp3) is 0.500. The average molecular weight is 269 g/mol. The third-order valence-corrected chi connectivity index (χ3v) is 3.11. The van der Waals surface area contributed by atoms with E-state index in [0.717, 1.165) is 18.7 Å². The Morgan fingerprint density at radius 3 is 2.67 bits per heavy atom. The molecule has 1 rings (SSSR count). The molecule has 0 aliphatic carbocycles. The van der Waals surface area contributed by atoms with E-state index >= 15 is 0 Å². The van der Waals surface area contributed by atoms with Crippen molar-refractivity contribution in [3.63, 3.8) is 0 Å². The molecule has 0 atom stereocenters. The standard InChI is InChI=1S/C14H21ClN2O/c1-10(2)7-8-17(4)14(18)12-9-11(15)5-6-13(12)16-3/h5-6,9-10,16H,7-8H2,1-4H3. The Morgan fingerprint density at radius 2 is 2.11 bits per heavy atom. The van der Waals surface area contributed by atoms with Gasteiger partial charge in [-0.25, -0.2) is 0 Å². The van der Waals surface area contributed by atoms with Crippen LogP contribution in [0.1, 0.15) is 30.6 Å². The van der Waals surface area contributed by atoms with Crippen molar-refractivity contribution in [1.82, 2.24) is 4.90 Å². The van der Waals surface area contributed by atoms with Gasteiger partial charge in [0.2, 0.25) is 0 Å². The van der Waals surface area contributed by atoms with Crippen LogP contribution in [0.25, 0.3) is 0 Å². The fourth-order valence-corrected chi connectivity index (χ4v) is 1.84. The third kappa shape index (κ3) is 3.91. The Hall–Kier alpha value is -1.22. The van der Waals surface area contributed by atoms with Crippen LogP contribution in [0.5, 0.6) is 0 Å². The molecule has 0 saturated heterocycles. The monoisotopic (exact) mass is 268 g/mol. The van der Waals surface area contributed by atoms with E-state index in [0.29, 0.717) is 16.5 Å². The molecule has 4 heteroatoms. The van der Waals surface area contributed by atoms with E-state index < -0.39 is 0 Å². The van der Waals surface area contributed by atoms with Crippen LogP contribution in [0.2, 0.25) is 5.02 Å².